The number of aromatic nitrogens is 2. The summed E-state index contributed by atoms with van der Waals surface area (Å²) in [4.78, 5) is 4.87. The fourth-order valence-electron chi connectivity index (χ4n) is 10.3. The first kappa shape index (κ1) is 37.2. The third-order valence-corrected chi connectivity index (χ3v) is 15.5. The lowest BCUT2D eigenvalue weighted by Gasteiger charge is -2.24. The highest BCUT2D eigenvalue weighted by atomic mass is 32.1. The van der Waals surface area contributed by atoms with Crippen LogP contribution in [0, 0.1) is 0 Å². The summed E-state index contributed by atoms with van der Waals surface area (Å²) in [6, 6.07) is 71.7. The van der Waals surface area contributed by atoms with Crippen molar-refractivity contribution >= 4 is 141 Å². The zero-order chi connectivity index (χ0) is 42.5. The topological polar surface area (TPSA) is 16.3 Å². The van der Waals surface area contributed by atoms with Gasteiger partial charge in [0.15, 0.2) is 0 Å². The molecule has 6 heteroatoms. The summed E-state index contributed by atoms with van der Waals surface area (Å²) >= 11 is 3.79. The second-order valence-corrected chi connectivity index (χ2v) is 18.8. The number of hydrogen-bond donors (Lipinski definition) is 0. The minimum atomic E-state index is 0.877. The summed E-state index contributed by atoms with van der Waals surface area (Å²) in [6.07, 6.45) is 0. The Morgan fingerprint density at radius 2 is 0.719 bits per heavy atom. The van der Waals surface area contributed by atoms with E-state index in [0.29, 0.717) is 0 Å². The van der Waals surface area contributed by atoms with E-state index in [2.05, 4.69) is 227 Å². The number of benzene rings is 9. The molecule has 0 amide bonds. The van der Waals surface area contributed by atoms with Crippen LogP contribution in [0.15, 0.2) is 194 Å². The fraction of sp³-hybridized carbons (Fsp3) is 0.0690. The number of hydrogen-bond acceptors (Lipinski definition) is 4. The summed E-state index contributed by atoms with van der Waals surface area (Å²) in [5, 5.41) is 15.2. The molecule has 9 aromatic carbocycles. The van der Waals surface area contributed by atoms with Crippen molar-refractivity contribution in [1.29, 1.82) is 0 Å². The highest BCUT2D eigenvalue weighted by Gasteiger charge is 2.24. The van der Waals surface area contributed by atoms with Crippen LogP contribution in [0.5, 0.6) is 0 Å². The number of anilines is 6. The normalized spacial score (nSPS) is 12.0. The van der Waals surface area contributed by atoms with Gasteiger partial charge in [0.2, 0.25) is 0 Å². The molecule has 64 heavy (non-hydrogen) atoms. The largest absolute Gasteiger partial charge is 0.340 e. The number of rotatable bonds is 8. The van der Waals surface area contributed by atoms with E-state index >= 15 is 0 Å². The molecule has 4 heterocycles. The molecule has 4 aromatic heterocycles. The lowest BCUT2D eigenvalue weighted by molar-refractivity contribution is 0.825. The molecule has 0 aliphatic carbocycles. The van der Waals surface area contributed by atoms with E-state index in [0.717, 1.165) is 35.8 Å². The van der Waals surface area contributed by atoms with Gasteiger partial charge in [-0.3, -0.25) is 0 Å². The Morgan fingerprint density at radius 3 is 1.16 bits per heavy atom. The molecule has 0 N–H and O–H groups in total. The monoisotopic (exact) mass is 858 g/mol. The molecule has 0 bridgehead atoms. The number of aryl methyl sites for hydroxylation is 2. The Hall–Kier alpha value is -7.38. The second-order valence-electron chi connectivity index (χ2n) is 16.7. The summed E-state index contributed by atoms with van der Waals surface area (Å²) in [7, 11) is 0. The van der Waals surface area contributed by atoms with E-state index < -0.39 is 0 Å². The number of thiophene rings is 2. The van der Waals surface area contributed by atoms with Crippen molar-refractivity contribution in [3.8, 4) is 0 Å². The van der Waals surface area contributed by atoms with Gasteiger partial charge in [-0.2, -0.15) is 0 Å². The van der Waals surface area contributed by atoms with Crippen molar-refractivity contribution in [2.24, 2.45) is 0 Å². The van der Waals surface area contributed by atoms with E-state index in [-0.39, 0.29) is 0 Å². The van der Waals surface area contributed by atoms with Crippen LogP contribution in [0.2, 0.25) is 0 Å². The van der Waals surface area contributed by atoms with E-state index in [1.807, 2.05) is 22.7 Å². The van der Waals surface area contributed by atoms with Gasteiger partial charge in [-0.1, -0.05) is 121 Å². The first-order valence-electron chi connectivity index (χ1n) is 22.2. The Balaban J connectivity index is 0.961. The Morgan fingerprint density at radius 1 is 0.328 bits per heavy atom. The summed E-state index contributed by atoms with van der Waals surface area (Å²) in [5.74, 6) is 0. The second kappa shape index (κ2) is 14.6. The molecule has 4 nitrogen and oxygen atoms in total. The molecular weight excluding hydrogens is 817 g/mol. The molecular formula is C58H42N4S2. The van der Waals surface area contributed by atoms with Crippen molar-refractivity contribution in [3.05, 3.63) is 194 Å². The van der Waals surface area contributed by atoms with Crippen LogP contribution in [0.4, 0.5) is 32.8 Å². The van der Waals surface area contributed by atoms with Crippen LogP contribution in [0.1, 0.15) is 13.8 Å². The average Bonchev–Trinajstić information content (AvgIpc) is 4.10. The van der Waals surface area contributed by atoms with Crippen LogP contribution >= 0.6 is 22.7 Å². The molecule has 0 aliphatic rings. The van der Waals surface area contributed by atoms with Crippen LogP contribution in [0.3, 0.4) is 0 Å². The highest BCUT2D eigenvalue weighted by Crippen LogP contribution is 2.50. The lowest BCUT2D eigenvalue weighted by Crippen LogP contribution is -2.08. The van der Waals surface area contributed by atoms with E-state index in [4.69, 9.17) is 0 Å². The summed E-state index contributed by atoms with van der Waals surface area (Å²) < 4.78 is 7.71. The molecule has 306 valence electrons. The van der Waals surface area contributed by atoms with Crippen molar-refractivity contribution in [2.45, 2.75) is 26.9 Å². The van der Waals surface area contributed by atoms with Crippen LogP contribution in [-0.4, -0.2) is 9.13 Å². The Kier molecular flexibility index (Phi) is 8.48. The standard InChI is InChI=1S/C58H42N4S2/c1-3-59-51-33-50-52(34-49(51)57-53(59)35-55(63-57)61(41-17-7-5-8-18-41)43-27-29-47-39(31-43)25-23-37-15-11-13-21-45(37)47)60(4-2)54-36-56(64-58(50)54)62(42-19-9-6-10-20-42)44-28-30-48-40(32-44)26-24-38-16-12-14-22-46(38)48/h5-36H,3-4H2,1-2H3. The molecule has 13 rings (SSSR count). The smallest absolute Gasteiger partial charge is 0.103 e. The van der Waals surface area contributed by atoms with Gasteiger partial charge in [0.1, 0.15) is 10.0 Å². The lowest BCUT2D eigenvalue weighted by atomic mass is 10.0. The van der Waals surface area contributed by atoms with Crippen molar-refractivity contribution in [1.82, 2.24) is 9.13 Å². The Bertz CT molecular complexity index is 3690. The van der Waals surface area contributed by atoms with Gasteiger partial charge < -0.3 is 18.9 Å². The predicted molar refractivity (Wildman–Crippen MR) is 279 cm³/mol. The van der Waals surface area contributed by atoms with Gasteiger partial charge in [0.25, 0.3) is 0 Å². The minimum absolute atomic E-state index is 0.877. The summed E-state index contributed by atoms with van der Waals surface area (Å²) in [6.45, 7) is 6.32. The molecule has 0 atom stereocenters. The van der Waals surface area contributed by atoms with Gasteiger partial charge in [-0.25, -0.2) is 0 Å². The predicted octanol–water partition coefficient (Wildman–Crippen LogP) is 17.6. The van der Waals surface area contributed by atoms with E-state index in [1.165, 1.54) is 95.3 Å². The van der Waals surface area contributed by atoms with Crippen molar-refractivity contribution < 1.29 is 0 Å². The van der Waals surface area contributed by atoms with Gasteiger partial charge in [0.05, 0.1) is 31.5 Å². The van der Waals surface area contributed by atoms with E-state index in [9.17, 15) is 0 Å². The Labute approximate surface area is 378 Å². The van der Waals surface area contributed by atoms with E-state index in [1.54, 1.807) is 0 Å². The SMILES string of the molecule is CCn1c2cc3c4sc(N(c5ccccc5)c5ccc6c(ccc7ccccc76)c5)cc4n(CC)c3cc2c2sc(N(c3ccccc3)c3ccc4c(ccc5ccccc54)c3)cc21. The van der Waals surface area contributed by atoms with Gasteiger partial charge >= 0.3 is 0 Å². The quantitative estimate of drug-likeness (QED) is 0.142. The minimum Gasteiger partial charge on any atom is -0.340 e. The van der Waals surface area contributed by atoms with Crippen molar-refractivity contribution in [2.75, 3.05) is 9.80 Å². The van der Waals surface area contributed by atoms with Crippen LogP contribution in [-0.2, 0) is 13.1 Å². The first-order chi connectivity index (χ1) is 31.6. The maximum atomic E-state index is 2.53. The number of para-hydroxylation sites is 2. The maximum Gasteiger partial charge on any atom is 0.103 e. The van der Waals surface area contributed by atoms with Crippen LogP contribution in [0.25, 0.3) is 85.3 Å². The molecule has 0 unspecified atom stereocenters. The maximum absolute atomic E-state index is 2.53. The molecule has 0 aliphatic heterocycles. The zero-order valence-electron chi connectivity index (χ0n) is 35.5. The molecule has 0 fully saturated rings. The van der Waals surface area contributed by atoms with Crippen LogP contribution < -0.4 is 9.80 Å². The fourth-order valence-corrected chi connectivity index (χ4v) is 12.8. The number of fused-ring (bicyclic) bond motifs is 12. The van der Waals surface area contributed by atoms with Gasteiger partial charge in [-0.15, -0.1) is 22.7 Å². The highest BCUT2D eigenvalue weighted by molar-refractivity contribution is 7.24. The first-order valence-corrected chi connectivity index (χ1v) is 23.8. The number of nitrogens with zero attached hydrogens (tertiary/aromatic N) is 4. The van der Waals surface area contributed by atoms with Gasteiger partial charge in [-0.05, 0) is 130 Å². The molecule has 13 aromatic rings. The third kappa shape index (κ3) is 5.66. The third-order valence-electron chi connectivity index (χ3n) is 13.2. The molecule has 0 radical (unpaired) electrons. The molecule has 0 spiro atoms. The average molecular weight is 859 g/mol. The summed E-state index contributed by atoms with van der Waals surface area (Å²) in [5.41, 5.74) is 9.76. The van der Waals surface area contributed by atoms with Crippen molar-refractivity contribution in [3.63, 3.8) is 0 Å². The van der Waals surface area contributed by atoms with Gasteiger partial charge in [0, 0.05) is 46.6 Å². The molecule has 0 saturated heterocycles. The zero-order valence-corrected chi connectivity index (χ0v) is 37.1. The molecule has 0 saturated carbocycles.